The van der Waals surface area contributed by atoms with E-state index in [2.05, 4.69) is 5.43 Å². The van der Waals surface area contributed by atoms with E-state index in [9.17, 15) is 24.0 Å². The van der Waals surface area contributed by atoms with Crippen LogP contribution in [-0.2, 0) is 24.5 Å². The lowest BCUT2D eigenvalue weighted by atomic mass is 9.89. The molecule has 0 saturated carbocycles. The van der Waals surface area contributed by atoms with Crippen molar-refractivity contribution in [3.8, 4) is 6.07 Å². The predicted octanol–water partition coefficient (Wildman–Crippen LogP) is 4.56. The third-order valence-electron chi connectivity index (χ3n) is 3.63. The zero-order chi connectivity index (χ0) is 25.8. The van der Waals surface area contributed by atoms with E-state index in [4.69, 9.17) is 14.2 Å². The zero-order valence-electron chi connectivity index (χ0n) is 20.5. The van der Waals surface area contributed by atoms with Gasteiger partial charge in [0, 0.05) is 5.56 Å². The number of rotatable bonds is 3. The smallest absolute Gasteiger partial charge is 0.431 e. The van der Waals surface area contributed by atoms with Crippen LogP contribution >= 0.6 is 0 Å². The fourth-order valence-electron chi connectivity index (χ4n) is 2.55. The lowest BCUT2D eigenvalue weighted by molar-refractivity contribution is -0.168. The predicted molar refractivity (Wildman–Crippen MR) is 117 cm³/mol. The van der Waals surface area contributed by atoms with Crippen molar-refractivity contribution < 1.29 is 33.0 Å². The Morgan fingerprint density at radius 2 is 1.36 bits per heavy atom. The Hall–Kier alpha value is -3.35. The monoisotopic (exact) mass is 465 g/mol. The number of carbonyl (C=O) groups is 3. The number of carbonyl (C=O) groups excluding carboxylic acids is 3. The van der Waals surface area contributed by atoms with E-state index in [-0.39, 0.29) is 0 Å². The van der Waals surface area contributed by atoms with Crippen LogP contribution < -0.4 is 5.43 Å². The number of hydrazine groups is 1. The maximum Gasteiger partial charge on any atom is 0.431 e. The molecule has 1 N–H and O–H groups in total. The lowest BCUT2D eigenvalue weighted by Gasteiger charge is -2.38. The first kappa shape index (κ1) is 27.7. The van der Waals surface area contributed by atoms with Gasteiger partial charge < -0.3 is 14.2 Å². The molecule has 10 heteroatoms. The quantitative estimate of drug-likeness (QED) is 0.395. The van der Waals surface area contributed by atoms with E-state index < -0.39 is 51.9 Å². The van der Waals surface area contributed by atoms with Gasteiger partial charge in [0.05, 0.1) is 0 Å². The molecular formula is C23H32FN3O6. The normalized spacial score (nSPS) is 13.7. The van der Waals surface area contributed by atoms with Crippen molar-refractivity contribution in [1.29, 1.82) is 5.26 Å². The third-order valence-corrected chi connectivity index (χ3v) is 3.63. The van der Waals surface area contributed by atoms with Gasteiger partial charge in [-0.2, -0.15) is 10.3 Å². The average Bonchev–Trinajstić information content (AvgIpc) is 2.58. The van der Waals surface area contributed by atoms with Crippen molar-refractivity contribution in [2.75, 3.05) is 0 Å². The Morgan fingerprint density at radius 1 is 0.879 bits per heavy atom. The SMILES string of the molecule is CC(C)(C)OC(=O)NN(C(=O)OC(C)(C)C)C(C#N)(C(=O)OC(C)(C)C)c1ccccc1F. The maximum absolute atomic E-state index is 15.0. The minimum Gasteiger partial charge on any atom is -0.457 e. The molecule has 9 nitrogen and oxygen atoms in total. The van der Waals surface area contributed by atoms with Gasteiger partial charge in [-0.1, -0.05) is 18.2 Å². The fourth-order valence-corrected chi connectivity index (χ4v) is 2.55. The molecule has 1 aromatic rings. The van der Waals surface area contributed by atoms with E-state index in [1.165, 1.54) is 32.9 Å². The standard InChI is InChI=1S/C23H32FN3O6/c1-20(2,3)31-17(28)23(14-25,15-12-10-11-13-16(15)24)27(19(30)33-22(7,8)9)26-18(29)32-21(4,5)6/h10-13H,1-9H3,(H,26,29). The van der Waals surface area contributed by atoms with Crippen LogP contribution in [0.1, 0.15) is 67.9 Å². The van der Waals surface area contributed by atoms with Crippen LogP contribution in [0.15, 0.2) is 24.3 Å². The maximum atomic E-state index is 15.0. The summed E-state index contributed by atoms with van der Waals surface area (Å²) in [7, 11) is 0. The summed E-state index contributed by atoms with van der Waals surface area (Å²) in [6, 6.07) is 6.53. The number of amides is 2. The van der Waals surface area contributed by atoms with Gasteiger partial charge >= 0.3 is 18.2 Å². The number of halogens is 1. The number of ether oxygens (including phenoxy) is 3. The Kier molecular flexibility index (Phi) is 8.09. The highest BCUT2D eigenvalue weighted by atomic mass is 19.1. The molecule has 0 saturated heterocycles. The molecule has 0 aliphatic carbocycles. The van der Waals surface area contributed by atoms with Crippen LogP contribution in [0.4, 0.5) is 14.0 Å². The number of hydrogen-bond acceptors (Lipinski definition) is 7. The van der Waals surface area contributed by atoms with E-state index in [0.717, 1.165) is 12.1 Å². The molecule has 0 fully saturated rings. The molecule has 1 atom stereocenters. The van der Waals surface area contributed by atoms with Crippen LogP contribution in [0.5, 0.6) is 0 Å². The highest BCUT2D eigenvalue weighted by molar-refractivity contribution is 5.91. The summed E-state index contributed by atoms with van der Waals surface area (Å²) in [5.41, 5.74) is -4.40. The van der Waals surface area contributed by atoms with Crippen LogP contribution in [0.3, 0.4) is 0 Å². The first-order valence-electron chi connectivity index (χ1n) is 10.2. The second-order valence-electron chi connectivity index (χ2n) is 10.2. The highest BCUT2D eigenvalue weighted by Crippen LogP contribution is 2.34. The fraction of sp³-hybridized carbons (Fsp3) is 0.565. The Balaban J connectivity index is 3.82. The Bertz CT molecular complexity index is 937. The van der Waals surface area contributed by atoms with E-state index in [0.29, 0.717) is 5.01 Å². The summed E-state index contributed by atoms with van der Waals surface area (Å²) in [4.78, 5) is 39.1. The molecule has 0 spiro atoms. The molecule has 0 aromatic heterocycles. The first-order chi connectivity index (χ1) is 14.8. The molecule has 0 aliphatic heterocycles. The van der Waals surface area contributed by atoms with Gasteiger partial charge in [-0.05, 0) is 68.4 Å². The number of nitriles is 1. The second kappa shape index (κ2) is 9.65. The van der Waals surface area contributed by atoms with Gasteiger partial charge in [-0.15, -0.1) is 0 Å². The first-order valence-corrected chi connectivity index (χ1v) is 10.2. The van der Waals surface area contributed by atoms with E-state index >= 15 is 0 Å². The lowest BCUT2D eigenvalue weighted by Crippen LogP contribution is -2.63. The highest BCUT2D eigenvalue weighted by Gasteiger charge is 2.55. The summed E-state index contributed by atoms with van der Waals surface area (Å²) in [6.07, 6.45) is -2.48. The summed E-state index contributed by atoms with van der Waals surface area (Å²) in [6.45, 7) is 14.0. The van der Waals surface area contributed by atoms with Crippen LogP contribution in [0.25, 0.3) is 0 Å². The number of nitrogens with zero attached hydrogens (tertiary/aromatic N) is 2. The summed E-state index contributed by atoms with van der Waals surface area (Å²) < 4.78 is 30.8. The molecular weight excluding hydrogens is 433 g/mol. The number of hydrogen-bond donors (Lipinski definition) is 1. The summed E-state index contributed by atoms with van der Waals surface area (Å²) in [5, 5.41) is 10.5. The molecule has 0 aliphatic rings. The molecule has 2 amide bonds. The van der Waals surface area contributed by atoms with Gasteiger partial charge in [-0.3, -0.25) is 0 Å². The summed E-state index contributed by atoms with van der Waals surface area (Å²) >= 11 is 0. The minimum absolute atomic E-state index is 0.304. The zero-order valence-corrected chi connectivity index (χ0v) is 20.5. The minimum atomic E-state index is -2.78. The van der Waals surface area contributed by atoms with Crippen LogP contribution in [-0.4, -0.2) is 40.0 Å². The average molecular weight is 466 g/mol. The molecule has 33 heavy (non-hydrogen) atoms. The van der Waals surface area contributed by atoms with Gasteiger partial charge in [0.2, 0.25) is 0 Å². The van der Waals surface area contributed by atoms with E-state index in [1.54, 1.807) is 47.6 Å². The molecule has 182 valence electrons. The van der Waals surface area contributed by atoms with Crippen molar-refractivity contribution in [2.24, 2.45) is 0 Å². The number of nitrogens with one attached hydrogen (secondary N) is 1. The largest absolute Gasteiger partial charge is 0.457 e. The molecule has 0 heterocycles. The van der Waals surface area contributed by atoms with Crippen molar-refractivity contribution in [1.82, 2.24) is 10.4 Å². The Morgan fingerprint density at radius 3 is 1.79 bits per heavy atom. The van der Waals surface area contributed by atoms with Crippen molar-refractivity contribution in [2.45, 2.75) is 84.7 Å². The third kappa shape index (κ3) is 7.63. The van der Waals surface area contributed by atoms with Gasteiger partial charge in [0.1, 0.15) is 28.7 Å². The molecule has 1 rings (SSSR count). The van der Waals surface area contributed by atoms with Gasteiger partial charge in [0.15, 0.2) is 0 Å². The molecule has 1 unspecified atom stereocenters. The summed E-state index contributed by atoms with van der Waals surface area (Å²) in [5.74, 6) is -2.28. The van der Waals surface area contributed by atoms with E-state index in [1.807, 2.05) is 0 Å². The second-order valence-corrected chi connectivity index (χ2v) is 10.2. The van der Waals surface area contributed by atoms with Crippen LogP contribution in [0, 0.1) is 17.1 Å². The van der Waals surface area contributed by atoms with Crippen molar-refractivity contribution in [3.05, 3.63) is 35.6 Å². The Labute approximate surface area is 193 Å². The molecule has 0 radical (unpaired) electrons. The van der Waals surface area contributed by atoms with Crippen molar-refractivity contribution >= 4 is 18.2 Å². The van der Waals surface area contributed by atoms with Gasteiger partial charge in [0.25, 0.3) is 5.54 Å². The van der Waals surface area contributed by atoms with Crippen LogP contribution in [0.2, 0.25) is 0 Å². The topological polar surface area (TPSA) is 118 Å². The number of esters is 1. The van der Waals surface area contributed by atoms with Crippen molar-refractivity contribution in [3.63, 3.8) is 0 Å². The molecule has 1 aromatic carbocycles. The number of benzene rings is 1. The van der Waals surface area contributed by atoms with Gasteiger partial charge in [-0.25, -0.2) is 24.2 Å². The molecule has 0 bridgehead atoms.